The molecule has 1 N–H and O–H groups in total. The van der Waals surface area contributed by atoms with Gasteiger partial charge in [0.25, 0.3) is 0 Å². The Morgan fingerprint density at radius 2 is 1.96 bits per heavy atom. The van der Waals surface area contributed by atoms with Gasteiger partial charge >= 0.3 is 6.18 Å². The average molecular weight is 334 g/mol. The van der Waals surface area contributed by atoms with Gasteiger partial charge in [-0.05, 0) is 25.1 Å². The summed E-state index contributed by atoms with van der Waals surface area (Å²) < 4.78 is 39.8. The van der Waals surface area contributed by atoms with E-state index in [1.54, 1.807) is 43.2 Å². The number of halogens is 3. The molecule has 0 atom stereocenters. The zero-order valence-corrected chi connectivity index (χ0v) is 12.8. The number of nitrogens with zero attached hydrogens (tertiary/aromatic N) is 5. The highest BCUT2D eigenvalue weighted by Crippen LogP contribution is 2.28. The number of pyridine rings is 1. The number of aromatic nitrogens is 5. The number of hydrogen-bond acceptors (Lipinski definition) is 5. The molecule has 124 valence electrons. The lowest BCUT2D eigenvalue weighted by molar-refractivity contribution is -0.141. The van der Waals surface area contributed by atoms with Gasteiger partial charge in [0.05, 0.1) is 11.9 Å². The van der Waals surface area contributed by atoms with Crippen LogP contribution in [0.15, 0.2) is 36.8 Å². The number of nitrogens with one attached hydrogen (secondary N) is 1. The molecule has 0 amide bonds. The second kappa shape index (κ2) is 5.91. The standard InChI is InChI=1S/C15H13F3N6/c1-9-5-11(6-12(21-9)10-7-20-24(2)8-10)22-14-19-4-3-13(23-14)15(16,17)18/h3-8H,1-2H3,(H,19,21,22,23). The zero-order valence-electron chi connectivity index (χ0n) is 12.8. The maximum atomic E-state index is 12.7. The molecule has 0 bridgehead atoms. The number of anilines is 2. The second-order valence-electron chi connectivity index (χ2n) is 5.17. The summed E-state index contributed by atoms with van der Waals surface area (Å²) in [5.74, 6) is -0.132. The van der Waals surface area contributed by atoms with E-state index in [9.17, 15) is 13.2 Å². The van der Waals surface area contributed by atoms with Gasteiger partial charge in [-0.2, -0.15) is 18.3 Å². The fourth-order valence-electron chi connectivity index (χ4n) is 2.15. The summed E-state index contributed by atoms with van der Waals surface area (Å²) in [6, 6.07) is 4.22. The quantitative estimate of drug-likeness (QED) is 0.795. The lowest BCUT2D eigenvalue weighted by Crippen LogP contribution is -2.10. The van der Waals surface area contributed by atoms with Gasteiger partial charge in [0.1, 0.15) is 5.69 Å². The van der Waals surface area contributed by atoms with Crippen molar-refractivity contribution in [3.8, 4) is 11.3 Å². The van der Waals surface area contributed by atoms with Crippen LogP contribution in [0.3, 0.4) is 0 Å². The summed E-state index contributed by atoms with van der Waals surface area (Å²) >= 11 is 0. The van der Waals surface area contributed by atoms with E-state index in [1.807, 2.05) is 0 Å². The van der Waals surface area contributed by atoms with Crippen LogP contribution in [0.5, 0.6) is 0 Å². The van der Waals surface area contributed by atoms with Crippen molar-refractivity contribution in [3.05, 3.63) is 48.2 Å². The minimum atomic E-state index is -4.52. The first kappa shape index (κ1) is 15.9. The van der Waals surface area contributed by atoms with E-state index in [-0.39, 0.29) is 5.95 Å². The van der Waals surface area contributed by atoms with Crippen LogP contribution in [0, 0.1) is 6.92 Å². The third-order valence-electron chi connectivity index (χ3n) is 3.16. The maximum Gasteiger partial charge on any atom is 0.433 e. The Morgan fingerprint density at radius 1 is 1.17 bits per heavy atom. The van der Waals surface area contributed by atoms with Crippen molar-refractivity contribution in [2.75, 3.05) is 5.32 Å². The van der Waals surface area contributed by atoms with Crippen LogP contribution in [0.1, 0.15) is 11.4 Å². The van der Waals surface area contributed by atoms with E-state index >= 15 is 0 Å². The van der Waals surface area contributed by atoms with E-state index in [4.69, 9.17) is 0 Å². The average Bonchev–Trinajstić information content (AvgIpc) is 2.93. The van der Waals surface area contributed by atoms with Crippen molar-refractivity contribution < 1.29 is 13.2 Å². The lowest BCUT2D eigenvalue weighted by Gasteiger charge is -2.10. The Labute approximate surface area is 135 Å². The molecule has 0 aliphatic rings. The normalized spacial score (nSPS) is 11.5. The number of aryl methyl sites for hydroxylation is 2. The number of hydrogen-bond donors (Lipinski definition) is 1. The fourth-order valence-corrected chi connectivity index (χ4v) is 2.15. The Bertz CT molecular complexity index is 872. The third-order valence-corrected chi connectivity index (χ3v) is 3.16. The van der Waals surface area contributed by atoms with Crippen LogP contribution in [0.2, 0.25) is 0 Å². The predicted octanol–water partition coefficient (Wildman–Crippen LogP) is 3.34. The van der Waals surface area contributed by atoms with Crippen molar-refractivity contribution in [2.24, 2.45) is 7.05 Å². The van der Waals surface area contributed by atoms with Crippen LogP contribution < -0.4 is 5.32 Å². The van der Waals surface area contributed by atoms with Crippen LogP contribution in [-0.4, -0.2) is 24.7 Å². The highest BCUT2D eigenvalue weighted by molar-refractivity contribution is 5.65. The second-order valence-corrected chi connectivity index (χ2v) is 5.17. The van der Waals surface area contributed by atoms with Gasteiger partial charge in [0, 0.05) is 36.4 Å². The summed E-state index contributed by atoms with van der Waals surface area (Å²) in [4.78, 5) is 11.7. The molecule has 0 spiro atoms. The van der Waals surface area contributed by atoms with Gasteiger partial charge in [0.2, 0.25) is 5.95 Å². The molecule has 3 rings (SSSR count). The molecule has 0 aliphatic carbocycles. The van der Waals surface area contributed by atoms with Crippen LogP contribution in [0.25, 0.3) is 11.3 Å². The van der Waals surface area contributed by atoms with E-state index < -0.39 is 11.9 Å². The zero-order chi connectivity index (χ0) is 17.3. The minimum Gasteiger partial charge on any atom is -0.324 e. The lowest BCUT2D eigenvalue weighted by atomic mass is 10.2. The molecule has 3 heterocycles. The molecular formula is C15H13F3N6. The van der Waals surface area contributed by atoms with Crippen molar-refractivity contribution in [1.29, 1.82) is 0 Å². The fraction of sp³-hybridized carbons (Fsp3) is 0.200. The molecule has 0 saturated heterocycles. The van der Waals surface area contributed by atoms with Crippen molar-refractivity contribution in [1.82, 2.24) is 24.7 Å². The maximum absolute atomic E-state index is 12.7. The third kappa shape index (κ3) is 3.50. The summed E-state index contributed by atoms with van der Waals surface area (Å²) in [6.45, 7) is 1.79. The molecule has 6 nitrogen and oxygen atoms in total. The molecule has 0 aliphatic heterocycles. The summed E-state index contributed by atoms with van der Waals surface area (Å²) in [7, 11) is 1.79. The molecule has 3 aromatic heterocycles. The molecular weight excluding hydrogens is 321 g/mol. The van der Waals surface area contributed by atoms with Gasteiger partial charge in [-0.15, -0.1) is 0 Å². The van der Waals surface area contributed by atoms with Gasteiger partial charge in [-0.25, -0.2) is 9.97 Å². The number of alkyl halides is 3. The Hall–Kier alpha value is -2.97. The largest absolute Gasteiger partial charge is 0.433 e. The number of rotatable bonds is 3. The van der Waals surface area contributed by atoms with Crippen LogP contribution >= 0.6 is 0 Å². The van der Waals surface area contributed by atoms with Crippen molar-refractivity contribution in [3.63, 3.8) is 0 Å². The molecule has 0 fully saturated rings. The van der Waals surface area contributed by atoms with Gasteiger partial charge in [-0.3, -0.25) is 9.67 Å². The smallest absolute Gasteiger partial charge is 0.324 e. The monoisotopic (exact) mass is 334 g/mol. The van der Waals surface area contributed by atoms with Crippen molar-refractivity contribution in [2.45, 2.75) is 13.1 Å². The topological polar surface area (TPSA) is 68.5 Å². The molecule has 9 heteroatoms. The molecule has 24 heavy (non-hydrogen) atoms. The van der Waals surface area contributed by atoms with Crippen LogP contribution in [0.4, 0.5) is 24.8 Å². The molecule has 0 aromatic carbocycles. The van der Waals surface area contributed by atoms with Crippen LogP contribution in [-0.2, 0) is 13.2 Å². The minimum absolute atomic E-state index is 0.132. The van der Waals surface area contributed by atoms with E-state index in [1.165, 1.54) is 0 Å². The summed E-state index contributed by atoms with van der Waals surface area (Å²) in [6.07, 6.45) is 0.00128. The summed E-state index contributed by atoms with van der Waals surface area (Å²) in [5, 5.41) is 6.87. The Kier molecular flexibility index (Phi) is 3.92. The Balaban J connectivity index is 1.92. The molecule has 0 radical (unpaired) electrons. The van der Waals surface area contributed by atoms with Crippen molar-refractivity contribution >= 4 is 11.6 Å². The summed E-state index contributed by atoms with van der Waals surface area (Å²) in [5.41, 5.74) is 1.69. The van der Waals surface area contributed by atoms with Gasteiger partial charge < -0.3 is 5.32 Å². The highest BCUT2D eigenvalue weighted by atomic mass is 19.4. The first-order chi connectivity index (χ1) is 11.3. The van der Waals surface area contributed by atoms with E-state index in [0.717, 1.165) is 17.8 Å². The predicted molar refractivity (Wildman–Crippen MR) is 81.5 cm³/mol. The highest BCUT2D eigenvalue weighted by Gasteiger charge is 2.32. The molecule has 0 saturated carbocycles. The Morgan fingerprint density at radius 3 is 2.62 bits per heavy atom. The van der Waals surface area contributed by atoms with E-state index in [0.29, 0.717) is 17.1 Å². The van der Waals surface area contributed by atoms with E-state index in [2.05, 4.69) is 25.4 Å². The molecule has 0 unspecified atom stereocenters. The van der Waals surface area contributed by atoms with Gasteiger partial charge in [0.15, 0.2) is 0 Å². The SMILES string of the molecule is Cc1cc(Nc2nccc(C(F)(F)F)n2)cc(-c2cnn(C)c2)n1. The van der Waals surface area contributed by atoms with Gasteiger partial charge in [-0.1, -0.05) is 0 Å². The first-order valence-electron chi connectivity index (χ1n) is 6.96. The molecule has 3 aromatic rings. The first-order valence-corrected chi connectivity index (χ1v) is 6.96.